The van der Waals surface area contributed by atoms with Crippen LogP contribution in [0.2, 0.25) is 0 Å². The highest BCUT2D eigenvalue weighted by Gasteiger charge is 2.30. The molecule has 1 aromatic rings. The Morgan fingerprint density at radius 1 is 1.20 bits per heavy atom. The maximum atomic E-state index is 12.1. The summed E-state index contributed by atoms with van der Waals surface area (Å²) >= 11 is 0. The second-order valence-electron chi connectivity index (χ2n) is 2.81. The van der Waals surface area contributed by atoms with Crippen LogP contribution in [0.25, 0.3) is 0 Å². The molecular formula is C10H15F3N2. The van der Waals surface area contributed by atoms with Crippen molar-refractivity contribution in [2.75, 3.05) is 6.54 Å². The van der Waals surface area contributed by atoms with Gasteiger partial charge in [0.2, 0.25) is 0 Å². The lowest BCUT2D eigenvalue weighted by atomic mass is 10.1. The molecule has 0 atom stereocenters. The summed E-state index contributed by atoms with van der Waals surface area (Å²) in [7, 11) is 0. The van der Waals surface area contributed by atoms with Crippen LogP contribution in [-0.2, 0) is 12.7 Å². The van der Waals surface area contributed by atoms with E-state index in [9.17, 15) is 13.2 Å². The fraction of sp³-hybridized carbons (Fsp3) is 0.400. The van der Waals surface area contributed by atoms with Crippen LogP contribution in [0.3, 0.4) is 0 Å². The molecule has 0 aliphatic rings. The zero-order valence-electron chi connectivity index (χ0n) is 8.51. The molecule has 0 aliphatic heterocycles. The summed E-state index contributed by atoms with van der Waals surface area (Å²) in [6.07, 6.45) is -4.27. The Labute approximate surface area is 87.1 Å². The van der Waals surface area contributed by atoms with Crippen LogP contribution in [0.5, 0.6) is 0 Å². The average molecular weight is 220 g/mol. The SMILES string of the molecule is CCN.NCc1cccc(C(F)(F)F)c1. The molecule has 5 heteroatoms. The molecule has 0 heterocycles. The molecule has 4 N–H and O–H groups in total. The molecule has 0 saturated heterocycles. The molecule has 0 aliphatic carbocycles. The Bertz CT molecular complexity index is 284. The third-order valence-electron chi connectivity index (χ3n) is 1.49. The summed E-state index contributed by atoms with van der Waals surface area (Å²) in [4.78, 5) is 0. The summed E-state index contributed by atoms with van der Waals surface area (Å²) in [6, 6.07) is 5.00. The number of benzene rings is 1. The molecule has 0 aromatic heterocycles. The molecule has 2 nitrogen and oxygen atoms in total. The van der Waals surface area contributed by atoms with Crippen molar-refractivity contribution in [3.63, 3.8) is 0 Å². The highest BCUT2D eigenvalue weighted by atomic mass is 19.4. The van der Waals surface area contributed by atoms with Crippen LogP contribution >= 0.6 is 0 Å². The quantitative estimate of drug-likeness (QED) is 0.761. The molecular weight excluding hydrogens is 205 g/mol. The van der Waals surface area contributed by atoms with E-state index in [0.29, 0.717) is 5.56 Å². The van der Waals surface area contributed by atoms with Crippen LogP contribution in [0.15, 0.2) is 24.3 Å². The molecule has 86 valence electrons. The topological polar surface area (TPSA) is 52.0 Å². The number of alkyl halides is 3. The number of rotatable bonds is 1. The van der Waals surface area contributed by atoms with E-state index in [-0.39, 0.29) is 6.54 Å². The van der Waals surface area contributed by atoms with Crippen molar-refractivity contribution < 1.29 is 13.2 Å². The van der Waals surface area contributed by atoms with E-state index in [1.54, 1.807) is 6.07 Å². The average Bonchev–Trinajstić information content (AvgIpc) is 2.18. The summed E-state index contributed by atoms with van der Waals surface area (Å²) < 4.78 is 36.2. The third kappa shape index (κ3) is 5.39. The van der Waals surface area contributed by atoms with Crippen LogP contribution in [0.1, 0.15) is 18.1 Å². The smallest absolute Gasteiger partial charge is 0.331 e. The van der Waals surface area contributed by atoms with E-state index >= 15 is 0 Å². The minimum atomic E-state index is -4.27. The maximum absolute atomic E-state index is 12.1. The van der Waals surface area contributed by atoms with Gasteiger partial charge in [-0.05, 0) is 18.2 Å². The highest BCUT2D eigenvalue weighted by Crippen LogP contribution is 2.29. The summed E-state index contributed by atoms with van der Waals surface area (Å²) in [5.41, 5.74) is 9.88. The van der Waals surface area contributed by atoms with Crippen LogP contribution in [-0.4, -0.2) is 6.54 Å². The first-order chi connectivity index (χ1) is 6.95. The van der Waals surface area contributed by atoms with E-state index in [2.05, 4.69) is 0 Å². The van der Waals surface area contributed by atoms with Crippen molar-refractivity contribution in [2.24, 2.45) is 11.5 Å². The minimum absolute atomic E-state index is 0.129. The molecule has 0 unspecified atom stereocenters. The first-order valence-electron chi connectivity index (χ1n) is 4.52. The summed E-state index contributed by atoms with van der Waals surface area (Å²) in [5, 5.41) is 0. The van der Waals surface area contributed by atoms with Gasteiger partial charge in [-0.15, -0.1) is 0 Å². The Kier molecular flexibility index (Phi) is 5.96. The van der Waals surface area contributed by atoms with Gasteiger partial charge in [-0.25, -0.2) is 0 Å². The van der Waals surface area contributed by atoms with E-state index in [0.717, 1.165) is 18.7 Å². The monoisotopic (exact) mass is 220 g/mol. The normalized spacial score (nSPS) is 10.5. The number of hydrogen-bond donors (Lipinski definition) is 2. The molecule has 0 saturated carbocycles. The van der Waals surface area contributed by atoms with Crippen molar-refractivity contribution in [3.05, 3.63) is 35.4 Å². The van der Waals surface area contributed by atoms with Gasteiger partial charge in [-0.2, -0.15) is 13.2 Å². The van der Waals surface area contributed by atoms with E-state index < -0.39 is 11.7 Å². The van der Waals surface area contributed by atoms with E-state index in [1.165, 1.54) is 6.07 Å². The van der Waals surface area contributed by atoms with Gasteiger partial charge >= 0.3 is 6.18 Å². The standard InChI is InChI=1S/C8H8F3N.C2H7N/c9-8(10,11)7-3-1-2-6(4-7)5-12;1-2-3/h1-4H,5,12H2;2-3H2,1H3. The summed E-state index contributed by atoms with van der Waals surface area (Å²) in [6.45, 7) is 2.78. The van der Waals surface area contributed by atoms with Crippen molar-refractivity contribution in [3.8, 4) is 0 Å². The van der Waals surface area contributed by atoms with Gasteiger partial charge in [0, 0.05) is 6.54 Å². The second-order valence-corrected chi connectivity index (χ2v) is 2.81. The fourth-order valence-electron chi connectivity index (χ4n) is 0.875. The molecule has 0 fully saturated rings. The van der Waals surface area contributed by atoms with Gasteiger partial charge in [-0.3, -0.25) is 0 Å². The number of nitrogens with two attached hydrogens (primary N) is 2. The molecule has 0 spiro atoms. The Hall–Kier alpha value is -1.07. The van der Waals surface area contributed by atoms with Crippen molar-refractivity contribution in [2.45, 2.75) is 19.6 Å². The van der Waals surface area contributed by atoms with Crippen LogP contribution in [0.4, 0.5) is 13.2 Å². The molecule has 0 radical (unpaired) electrons. The second kappa shape index (κ2) is 6.42. The third-order valence-corrected chi connectivity index (χ3v) is 1.49. The van der Waals surface area contributed by atoms with Crippen molar-refractivity contribution in [1.29, 1.82) is 0 Å². The number of hydrogen-bond acceptors (Lipinski definition) is 2. The van der Waals surface area contributed by atoms with Crippen LogP contribution in [0, 0.1) is 0 Å². The lowest BCUT2D eigenvalue weighted by Crippen LogP contribution is -2.06. The minimum Gasteiger partial charge on any atom is -0.331 e. The molecule has 0 bridgehead atoms. The van der Waals surface area contributed by atoms with Crippen molar-refractivity contribution >= 4 is 0 Å². The Morgan fingerprint density at radius 2 is 1.73 bits per heavy atom. The van der Waals surface area contributed by atoms with E-state index in [1.807, 2.05) is 6.92 Å². The Morgan fingerprint density at radius 3 is 2.13 bits per heavy atom. The molecule has 15 heavy (non-hydrogen) atoms. The predicted octanol–water partition coefficient (Wildman–Crippen LogP) is 2.13. The van der Waals surface area contributed by atoms with E-state index in [4.69, 9.17) is 11.5 Å². The lowest BCUT2D eigenvalue weighted by molar-refractivity contribution is -0.137. The zero-order chi connectivity index (χ0) is 11.9. The molecule has 1 rings (SSSR count). The van der Waals surface area contributed by atoms with Gasteiger partial charge in [0.15, 0.2) is 0 Å². The predicted molar refractivity (Wildman–Crippen MR) is 54.1 cm³/mol. The van der Waals surface area contributed by atoms with Crippen molar-refractivity contribution in [1.82, 2.24) is 0 Å². The molecule has 0 amide bonds. The first kappa shape index (κ1) is 13.9. The number of halogens is 3. The van der Waals surface area contributed by atoms with Gasteiger partial charge in [-0.1, -0.05) is 25.1 Å². The highest BCUT2D eigenvalue weighted by molar-refractivity contribution is 5.25. The van der Waals surface area contributed by atoms with Gasteiger partial charge in [0.1, 0.15) is 0 Å². The summed E-state index contributed by atoms with van der Waals surface area (Å²) in [5.74, 6) is 0. The van der Waals surface area contributed by atoms with Crippen LogP contribution < -0.4 is 11.5 Å². The van der Waals surface area contributed by atoms with Gasteiger partial charge in [0.25, 0.3) is 0 Å². The Balaban J connectivity index is 0.000000583. The fourth-order valence-corrected chi connectivity index (χ4v) is 0.875. The molecule has 1 aromatic carbocycles. The maximum Gasteiger partial charge on any atom is 0.416 e. The van der Waals surface area contributed by atoms with Gasteiger partial charge in [0.05, 0.1) is 5.56 Å². The largest absolute Gasteiger partial charge is 0.416 e. The lowest BCUT2D eigenvalue weighted by Gasteiger charge is -2.06. The zero-order valence-corrected chi connectivity index (χ0v) is 8.51. The first-order valence-corrected chi connectivity index (χ1v) is 4.52. The van der Waals surface area contributed by atoms with Gasteiger partial charge < -0.3 is 11.5 Å².